The van der Waals surface area contributed by atoms with Gasteiger partial charge in [-0.1, -0.05) is 0 Å². The summed E-state index contributed by atoms with van der Waals surface area (Å²) in [4.78, 5) is 16.0. The number of nitrogens with two attached hydrogens (primary N) is 1. The van der Waals surface area contributed by atoms with E-state index in [4.69, 9.17) is 15.2 Å². The van der Waals surface area contributed by atoms with Crippen LogP contribution < -0.4 is 11.1 Å². The van der Waals surface area contributed by atoms with Gasteiger partial charge in [0.05, 0.1) is 31.1 Å². The summed E-state index contributed by atoms with van der Waals surface area (Å²) in [6.07, 6.45) is 5.13. The molecule has 20 heavy (non-hydrogen) atoms. The number of aromatic nitrogens is 1. The highest BCUT2D eigenvalue weighted by Gasteiger charge is 2.41. The highest BCUT2D eigenvalue weighted by Crippen LogP contribution is 2.39. The van der Waals surface area contributed by atoms with E-state index in [0.717, 1.165) is 13.0 Å². The second-order valence-electron chi connectivity index (χ2n) is 5.37. The first-order valence-electron chi connectivity index (χ1n) is 6.91. The maximum atomic E-state index is 11.8. The number of hydrogen-bond donors (Lipinski definition) is 2. The lowest BCUT2D eigenvalue weighted by Crippen LogP contribution is -2.32. The number of carbonyl (C=O) groups is 1. The molecular formula is C14H19N3O3. The summed E-state index contributed by atoms with van der Waals surface area (Å²) >= 11 is 0. The van der Waals surface area contributed by atoms with Gasteiger partial charge in [-0.25, -0.2) is 9.78 Å². The van der Waals surface area contributed by atoms with E-state index < -0.39 is 5.97 Å². The van der Waals surface area contributed by atoms with Crippen LogP contribution in [0.25, 0.3) is 0 Å². The zero-order chi connectivity index (χ0) is 14.1. The molecule has 6 heteroatoms. The lowest BCUT2D eigenvalue weighted by molar-refractivity contribution is 0.0601. The zero-order valence-corrected chi connectivity index (χ0v) is 11.5. The SMILES string of the molecule is COC(=O)c1cc(N)cnc1NC1CCOC1C1CC1. The van der Waals surface area contributed by atoms with Gasteiger partial charge in [0, 0.05) is 6.61 Å². The molecule has 0 bridgehead atoms. The first-order valence-corrected chi connectivity index (χ1v) is 6.91. The molecule has 1 aliphatic carbocycles. The molecule has 3 N–H and O–H groups in total. The van der Waals surface area contributed by atoms with Gasteiger partial charge in [-0.15, -0.1) is 0 Å². The van der Waals surface area contributed by atoms with Crippen molar-refractivity contribution in [3.8, 4) is 0 Å². The summed E-state index contributed by atoms with van der Waals surface area (Å²) in [6.45, 7) is 0.751. The van der Waals surface area contributed by atoms with Crippen molar-refractivity contribution in [1.82, 2.24) is 4.98 Å². The smallest absolute Gasteiger partial charge is 0.341 e. The van der Waals surface area contributed by atoms with Gasteiger partial charge in [-0.3, -0.25) is 0 Å². The lowest BCUT2D eigenvalue weighted by atomic mass is 10.1. The van der Waals surface area contributed by atoms with Crippen molar-refractivity contribution in [3.63, 3.8) is 0 Å². The molecule has 6 nitrogen and oxygen atoms in total. The van der Waals surface area contributed by atoms with Crippen LogP contribution in [0.1, 0.15) is 29.6 Å². The third-order valence-corrected chi connectivity index (χ3v) is 3.86. The van der Waals surface area contributed by atoms with Crippen LogP contribution in [0.2, 0.25) is 0 Å². The summed E-state index contributed by atoms with van der Waals surface area (Å²) in [5.74, 6) is 0.728. The van der Waals surface area contributed by atoms with Gasteiger partial charge >= 0.3 is 5.97 Å². The number of pyridine rings is 1. The fourth-order valence-electron chi connectivity index (χ4n) is 2.69. The maximum absolute atomic E-state index is 11.8. The van der Waals surface area contributed by atoms with Crippen LogP contribution in [-0.4, -0.2) is 36.8 Å². The van der Waals surface area contributed by atoms with E-state index in [0.29, 0.717) is 23.0 Å². The predicted octanol–water partition coefficient (Wildman–Crippen LogP) is 1.43. The van der Waals surface area contributed by atoms with E-state index in [2.05, 4.69) is 10.3 Å². The van der Waals surface area contributed by atoms with Crippen LogP contribution in [0.5, 0.6) is 0 Å². The fourth-order valence-corrected chi connectivity index (χ4v) is 2.69. The average Bonchev–Trinajstić information content (AvgIpc) is 3.20. The van der Waals surface area contributed by atoms with Gasteiger partial charge in [0.15, 0.2) is 0 Å². The van der Waals surface area contributed by atoms with Crippen molar-refractivity contribution in [2.24, 2.45) is 5.92 Å². The molecule has 0 spiro atoms. The standard InChI is InChI=1S/C14H19N3O3/c1-19-14(18)10-6-9(15)7-16-13(10)17-11-4-5-20-12(11)8-2-3-8/h6-8,11-12H,2-5,15H2,1H3,(H,16,17). The van der Waals surface area contributed by atoms with E-state index in [9.17, 15) is 4.79 Å². The van der Waals surface area contributed by atoms with Gasteiger partial charge in [-0.05, 0) is 31.2 Å². The second kappa shape index (κ2) is 5.28. The monoisotopic (exact) mass is 277 g/mol. The quantitative estimate of drug-likeness (QED) is 0.810. The number of ether oxygens (including phenoxy) is 2. The Kier molecular flexibility index (Phi) is 3.48. The Bertz CT molecular complexity index is 516. The average molecular weight is 277 g/mol. The zero-order valence-electron chi connectivity index (χ0n) is 11.5. The minimum absolute atomic E-state index is 0.196. The van der Waals surface area contributed by atoms with Crippen LogP contribution >= 0.6 is 0 Å². The molecule has 2 atom stereocenters. The van der Waals surface area contributed by atoms with Crippen molar-refractivity contribution < 1.29 is 14.3 Å². The first-order chi connectivity index (χ1) is 9.69. The Labute approximate surface area is 117 Å². The number of methoxy groups -OCH3 is 1. The van der Waals surface area contributed by atoms with E-state index in [1.807, 2.05) is 0 Å². The molecule has 0 aromatic carbocycles. The summed E-state index contributed by atoms with van der Waals surface area (Å²) in [5, 5.41) is 3.33. The highest BCUT2D eigenvalue weighted by molar-refractivity contribution is 5.95. The highest BCUT2D eigenvalue weighted by atomic mass is 16.5. The molecule has 2 aliphatic rings. The van der Waals surface area contributed by atoms with Crippen molar-refractivity contribution in [1.29, 1.82) is 0 Å². The Morgan fingerprint density at radius 3 is 3.00 bits per heavy atom. The largest absolute Gasteiger partial charge is 0.465 e. The molecule has 1 aromatic rings. The Morgan fingerprint density at radius 1 is 1.50 bits per heavy atom. The van der Waals surface area contributed by atoms with E-state index in [1.54, 1.807) is 6.07 Å². The minimum atomic E-state index is -0.436. The Balaban J connectivity index is 1.80. The summed E-state index contributed by atoms with van der Waals surface area (Å²) in [5.41, 5.74) is 6.50. The second-order valence-corrected chi connectivity index (χ2v) is 5.37. The number of nitrogen functional groups attached to an aromatic ring is 1. The summed E-state index contributed by atoms with van der Waals surface area (Å²) in [6, 6.07) is 1.78. The normalized spacial score (nSPS) is 25.4. The molecular weight excluding hydrogens is 258 g/mol. The van der Waals surface area contributed by atoms with Gasteiger partial charge in [0.25, 0.3) is 0 Å². The molecule has 3 rings (SSSR count). The molecule has 108 valence electrons. The van der Waals surface area contributed by atoms with E-state index >= 15 is 0 Å². The number of carbonyl (C=O) groups excluding carboxylic acids is 1. The number of nitrogens with one attached hydrogen (secondary N) is 1. The van der Waals surface area contributed by atoms with E-state index in [-0.39, 0.29) is 12.1 Å². The van der Waals surface area contributed by atoms with Crippen molar-refractivity contribution in [2.75, 3.05) is 24.8 Å². The third-order valence-electron chi connectivity index (χ3n) is 3.86. The Morgan fingerprint density at radius 2 is 2.30 bits per heavy atom. The van der Waals surface area contributed by atoms with Crippen molar-refractivity contribution in [2.45, 2.75) is 31.4 Å². The van der Waals surface area contributed by atoms with Gasteiger partial charge in [-0.2, -0.15) is 0 Å². The van der Waals surface area contributed by atoms with Crippen LogP contribution in [0.4, 0.5) is 11.5 Å². The molecule has 1 aliphatic heterocycles. The molecule has 2 fully saturated rings. The van der Waals surface area contributed by atoms with Crippen molar-refractivity contribution >= 4 is 17.5 Å². The molecule has 1 aromatic heterocycles. The fraction of sp³-hybridized carbons (Fsp3) is 0.571. The van der Waals surface area contributed by atoms with Gasteiger partial charge in [0.1, 0.15) is 11.4 Å². The molecule has 1 saturated carbocycles. The summed E-state index contributed by atoms with van der Waals surface area (Å²) < 4.78 is 10.6. The van der Waals surface area contributed by atoms with Gasteiger partial charge < -0.3 is 20.5 Å². The Hall–Kier alpha value is -1.82. The third kappa shape index (κ3) is 2.56. The molecule has 0 radical (unpaired) electrons. The molecule has 0 amide bonds. The van der Waals surface area contributed by atoms with Crippen LogP contribution in [0.15, 0.2) is 12.3 Å². The topological polar surface area (TPSA) is 86.5 Å². The number of esters is 1. The van der Waals surface area contributed by atoms with E-state index in [1.165, 1.54) is 26.1 Å². The molecule has 2 unspecified atom stereocenters. The van der Waals surface area contributed by atoms with Crippen LogP contribution in [-0.2, 0) is 9.47 Å². The number of rotatable bonds is 4. The van der Waals surface area contributed by atoms with Crippen LogP contribution in [0, 0.1) is 5.92 Å². The lowest BCUT2D eigenvalue weighted by Gasteiger charge is -2.21. The first kappa shape index (κ1) is 13.2. The minimum Gasteiger partial charge on any atom is -0.465 e. The molecule has 1 saturated heterocycles. The predicted molar refractivity (Wildman–Crippen MR) is 74.5 cm³/mol. The van der Waals surface area contributed by atoms with Crippen LogP contribution in [0.3, 0.4) is 0 Å². The van der Waals surface area contributed by atoms with Gasteiger partial charge in [0.2, 0.25) is 0 Å². The number of hydrogen-bond acceptors (Lipinski definition) is 6. The maximum Gasteiger partial charge on any atom is 0.341 e. The number of anilines is 2. The summed E-state index contributed by atoms with van der Waals surface area (Å²) in [7, 11) is 1.35. The van der Waals surface area contributed by atoms with Crippen molar-refractivity contribution in [3.05, 3.63) is 17.8 Å². The molecule has 2 heterocycles. The number of nitrogens with zero attached hydrogens (tertiary/aromatic N) is 1.